The van der Waals surface area contributed by atoms with E-state index in [4.69, 9.17) is 0 Å². The summed E-state index contributed by atoms with van der Waals surface area (Å²) in [6.07, 6.45) is 1.81. The molecule has 0 unspecified atom stereocenters. The van der Waals surface area contributed by atoms with Gasteiger partial charge in [-0.25, -0.2) is 9.49 Å². The van der Waals surface area contributed by atoms with E-state index >= 15 is 0 Å². The summed E-state index contributed by atoms with van der Waals surface area (Å²) < 4.78 is 13.3. The summed E-state index contributed by atoms with van der Waals surface area (Å²) in [5.41, 5.74) is -0.0328. The third-order valence-corrected chi connectivity index (χ3v) is 2.55. The third kappa shape index (κ3) is 2.62. The highest BCUT2D eigenvalue weighted by molar-refractivity contribution is 7.98. The van der Waals surface area contributed by atoms with Crippen molar-refractivity contribution in [3.05, 3.63) is 35.6 Å². The minimum Gasteiger partial charge on any atom is -0.291 e. The molecule has 0 saturated carbocycles. The van der Waals surface area contributed by atoms with Crippen molar-refractivity contribution in [1.82, 2.24) is 15.2 Å². The van der Waals surface area contributed by atoms with Gasteiger partial charge in [0.2, 0.25) is 11.1 Å². The van der Waals surface area contributed by atoms with Crippen LogP contribution in [0.2, 0.25) is 0 Å². The van der Waals surface area contributed by atoms with Crippen LogP contribution in [-0.4, -0.2) is 27.3 Å². The highest BCUT2D eigenvalue weighted by atomic mass is 32.2. The maximum absolute atomic E-state index is 13.3. The number of carbonyl (C=O) groups excluding carboxylic acids is 1. The van der Waals surface area contributed by atoms with Crippen molar-refractivity contribution in [2.75, 3.05) is 11.6 Å². The molecule has 0 saturated heterocycles. The Labute approximate surface area is 101 Å². The van der Waals surface area contributed by atoms with Crippen molar-refractivity contribution in [2.24, 2.45) is 0 Å². The number of benzene rings is 1. The molecule has 0 fully saturated rings. The van der Waals surface area contributed by atoms with Gasteiger partial charge in [0.1, 0.15) is 5.82 Å². The molecule has 1 amide bonds. The van der Waals surface area contributed by atoms with Crippen molar-refractivity contribution in [2.45, 2.75) is 5.16 Å². The van der Waals surface area contributed by atoms with Gasteiger partial charge in [0.05, 0.1) is 5.56 Å². The summed E-state index contributed by atoms with van der Waals surface area (Å²) in [6, 6.07) is 5.73. The van der Waals surface area contributed by atoms with Crippen LogP contribution in [0.15, 0.2) is 29.4 Å². The number of aromatic amines is 1. The third-order valence-electron chi connectivity index (χ3n) is 2.00. The van der Waals surface area contributed by atoms with E-state index in [1.165, 1.54) is 30.0 Å². The summed E-state index contributed by atoms with van der Waals surface area (Å²) in [5.74, 6) is -0.941. The molecule has 2 rings (SSSR count). The van der Waals surface area contributed by atoms with Crippen LogP contribution < -0.4 is 5.32 Å². The molecular formula is C10H9FN4OS. The number of halogens is 1. The highest BCUT2D eigenvalue weighted by Crippen LogP contribution is 2.12. The topological polar surface area (TPSA) is 70.7 Å². The van der Waals surface area contributed by atoms with E-state index in [1.54, 1.807) is 6.07 Å². The number of rotatable bonds is 3. The predicted octanol–water partition coefficient (Wildman–Crippen LogP) is 1.92. The van der Waals surface area contributed by atoms with Gasteiger partial charge in [-0.3, -0.25) is 10.1 Å². The molecule has 88 valence electrons. The van der Waals surface area contributed by atoms with E-state index in [9.17, 15) is 9.18 Å². The molecule has 0 aliphatic rings. The SMILES string of the molecule is CSc1n[nH]c(NC(=O)c2ccccc2F)n1. The molecule has 2 aromatic rings. The lowest BCUT2D eigenvalue weighted by Crippen LogP contribution is -2.14. The second-order valence-corrected chi connectivity index (χ2v) is 3.88. The molecule has 1 aromatic heterocycles. The van der Waals surface area contributed by atoms with Gasteiger partial charge in [-0.1, -0.05) is 23.9 Å². The smallest absolute Gasteiger partial charge is 0.260 e. The maximum atomic E-state index is 13.3. The number of hydrogen-bond donors (Lipinski definition) is 2. The van der Waals surface area contributed by atoms with Gasteiger partial charge in [0.15, 0.2) is 0 Å². The van der Waals surface area contributed by atoms with Crippen LogP contribution in [0.4, 0.5) is 10.3 Å². The van der Waals surface area contributed by atoms with Crippen molar-refractivity contribution in [3.8, 4) is 0 Å². The first-order valence-corrected chi connectivity index (χ1v) is 5.95. The van der Waals surface area contributed by atoms with Crippen LogP contribution >= 0.6 is 11.8 Å². The van der Waals surface area contributed by atoms with Gasteiger partial charge in [-0.05, 0) is 18.4 Å². The van der Waals surface area contributed by atoms with E-state index < -0.39 is 11.7 Å². The average molecular weight is 252 g/mol. The van der Waals surface area contributed by atoms with Crippen molar-refractivity contribution >= 4 is 23.6 Å². The molecule has 0 spiro atoms. The summed E-state index contributed by atoms with van der Waals surface area (Å²) in [6.45, 7) is 0. The van der Waals surface area contributed by atoms with E-state index in [-0.39, 0.29) is 11.5 Å². The molecule has 2 N–H and O–H groups in total. The number of carbonyl (C=O) groups is 1. The fraction of sp³-hybridized carbons (Fsp3) is 0.100. The van der Waals surface area contributed by atoms with Crippen LogP contribution in [0.3, 0.4) is 0 Å². The van der Waals surface area contributed by atoms with Gasteiger partial charge >= 0.3 is 0 Å². The van der Waals surface area contributed by atoms with E-state index in [0.717, 1.165) is 0 Å². The Balaban J connectivity index is 2.14. The average Bonchev–Trinajstić information content (AvgIpc) is 2.77. The maximum Gasteiger partial charge on any atom is 0.260 e. The van der Waals surface area contributed by atoms with Gasteiger partial charge in [0, 0.05) is 0 Å². The largest absolute Gasteiger partial charge is 0.291 e. The van der Waals surface area contributed by atoms with Crippen molar-refractivity contribution in [3.63, 3.8) is 0 Å². The first-order valence-electron chi connectivity index (χ1n) is 4.73. The molecule has 1 aromatic carbocycles. The number of hydrogen-bond acceptors (Lipinski definition) is 4. The zero-order valence-corrected chi connectivity index (χ0v) is 9.71. The first-order chi connectivity index (χ1) is 8.20. The molecule has 0 bridgehead atoms. The van der Waals surface area contributed by atoms with Crippen LogP contribution in [0, 0.1) is 5.82 Å². The second-order valence-electron chi connectivity index (χ2n) is 3.10. The lowest BCUT2D eigenvalue weighted by atomic mass is 10.2. The standard InChI is InChI=1S/C10H9FN4OS/c1-17-10-13-9(14-15-10)12-8(16)6-4-2-3-5-7(6)11/h2-5H,1H3,(H2,12,13,14,15,16). The normalized spacial score (nSPS) is 10.2. The monoisotopic (exact) mass is 252 g/mol. The molecule has 5 nitrogen and oxygen atoms in total. The van der Waals surface area contributed by atoms with Gasteiger partial charge in [-0.15, -0.1) is 5.10 Å². The van der Waals surface area contributed by atoms with Crippen LogP contribution in [0.25, 0.3) is 0 Å². The van der Waals surface area contributed by atoms with E-state index in [2.05, 4.69) is 20.5 Å². The molecule has 0 atom stereocenters. The van der Waals surface area contributed by atoms with Gasteiger partial charge in [0.25, 0.3) is 5.91 Å². The quantitative estimate of drug-likeness (QED) is 0.819. The second kappa shape index (κ2) is 4.96. The summed E-state index contributed by atoms with van der Waals surface area (Å²) >= 11 is 1.34. The zero-order valence-electron chi connectivity index (χ0n) is 8.90. The molecule has 0 aliphatic carbocycles. The Kier molecular flexibility index (Phi) is 3.38. The van der Waals surface area contributed by atoms with Crippen molar-refractivity contribution in [1.29, 1.82) is 0 Å². The van der Waals surface area contributed by atoms with Gasteiger partial charge in [-0.2, -0.15) is 4.98 Å². The number of nitrogens with zero attached hydrogens (tertiary/aromatic N) is 2. The number of aromatic nitrogens is 3. The highest BCUT2D eigenvalue weighted by Gasteiger charge is 2.12. The van der Waals surface area contributed by atoms with Gasteiger partial charge < -0.3 is 0 Å². The number of amides is 1. The Hall–Kier alpha value is -1.89. The Morgan fingerprint density at radius 2 is 2.24 bits per heavy atom. The zero-order chi connectivity index (χ0) is 12.3. The first kappa shape index (κ1) is 11.6. The van der Waals surface area contributed by atoms with E-state index in [0.29, 0.717) is 5.16 Å². The predicted molar refractivity (Wildman–Crippen MR) is 62.5 cm³/mol. The fourth-order valence-electron chi connectivity index (χ4n) is 1.21. The minimum atomic E-state index is -0.574. The lowest BCUT2D eigenvalue weighted by molar-refractivity contribution is 0.102. The van der Waals surface area contributed by atoms with Crippen LogP contribution in [0.5, 0.6) is 0 Å². The molecular weight excluding hydrogens is 243 g/mol. The summed E-state index contributed by atoms with van der Waals surface area (Å²) in [5, 5.41) is 9.30. The Morgan fingerprint density at radius 3 is 2.88 bits per heavy atom. The fourth-order valence-corrected chi connectivity index (χ4v) is 1.53. The molecule has 0 aliphatic heterocycles. The molecule has 0 radical (unpaired) electrons. The molecule has 1 heterocycles. The summed E-state index contributed by atoms with van der Waals surface area (Å²) in [4.78, 5) is 15.7. The van der Waals surface area contributed by atoms with Crippen LogP contribution in [0.1, 0.15) is 10.4 Å². The molecule has 17 heavy (non-hydrogen) atoms. The van der Waals surface area contributed by atoms with E-state index in [1.807, 2.05) is 6.26 Å². The Morgan fingerprint density at radius 1 is 1.47 bits per heavy atom. The number of H-pyrrole nitrogens is 1. The number of thioether (sulfide) groups is 1. The Bertz CT molecular complexity index is 543. The lowest BCUT2D eigenvalue weighted by Gasteiger charge is -2.01. The van der Waals surface area contributed by atoms with Crippen molar-refractivity contribution < 1.29 is 9.18 Å². The minimum absolute atomic E-state index is 0.0328. The number of nitrogens with one attached hydrogen (secondary N) is 2. The number of anilines is 1. The summed E-state index contributed by atoms with van der Waals surface area (Å²) in [7, 11) is 0. The van der Waals surface area contributed by atoms with Crippen LogP contribution in [-0.2, 0) is 0 Å². The molecule has 7 heteroatoms.